The van der Waals surface area contributed by atoms with Crippen LogP contribution >= 0.6 is 0 Å². The molecule has 1 aromatic rings. The fourth-order valence-electron chi connectivity index (χ4n) is 3.38. The Morgan fingerprint density at radius 1 is 1.30 bits per heavy atom. The van der Waals surface area contributed by atoms with E-state index in [0.717, 1.165) is 24.3 Å². The number of carbonyl (C=O) groups excluding carboxylic acids is 1. The lowest BCUT2D eigenvalue weighted by molar-refractivity contribution is -0.121. The third-order valence-electron chi connectivity index (χ3n) is 4.79. The number of ether oxygens (including phenoxy) is 1. The highest BCUT2D eigenvalue weighted by molar-refractivity contribution is 5.79. The number of hydrogen-bond donors (Lipinski definition) is 2. The van der Waals surface area contributed by atoms with Crippen molar-refractivity contribution in [2.24, 2.45) is 5.92 Å². The molecule has 4 heteroatoms. The van der Waals surface area contributed by atoms with Gasteiger partial charge in [-0.3, -0.25) is 4.79 Å². The molecule has 0 radical (unpaired) electrons. The Morgan fingerprint density at radius 3 is 2.70 bits per heavy atom. The topological polar surface area (TPSA) is 58.6 Å². The fourth-order valence-corrected chi connectivity index (χ4v) is 3.38. The van der Waals surface area contributed by atoms with Crippen molar-refractivity contribution in [3.05, 3.63) is 23.8 Å². The molecule has 128 valence electrons. The summed E-state index contributed by atoms with van der Waals surface area (Å²) in [5.74, 6) is 1.41. The summed E-state index contributed by atoms with van der Waals surface area (Å²) in [5, 5.41) is 12.7. The molecule has 0 aromatic heterocycles. The number of phenolic OH excluding ortho intramolecular Hbond substituents is 1. The van der Waals surface area contributed by atoms with Gasteiger partial charge in [0.15, 0.2) is 11.5 Å². The summed E-state index contributed by atoms with van der Waals surface area (Å²) in [5.41, 5.74) is 0.855. The van der Waals surface area contributed by atoms with E-state index in [2.05, 4.69) is 12.2 Å². The number of nitrogens with one attached hydrogen (secondary N) is 1. The predicted octanol–water partition coefficient (Wildman–Crippen LogP) is 3.81. The van der Waals surface area contributed by atoms with Crippen molar-refractivity contribution < 1.29 is 14.6 Å². The van der Waals surface area contributed by atoms with Crippen molar-refractivity contribution in [2.45, 2.75) is 64.3 Å². The number of unbranched alkanes of at least 4 members (excludes halogenated alkanes) is 1. The van der Waals surface area contributed by atoms with Gasteiger partial charge in [-0.15, -0.1) is 0 Å². The van der Waals surface area contributed by atoms with Crippen LogP contribution in [-0.2, 0) is 11.2 Å². The summed E-state index contributed by atoms with van der Waals surface area (Å²) in [6.45, 7) is 2.24. The van der Waals surface area contributed by atoms with Gasteiger partial charge in [0.05, 0.1) is 13.5 Å². The van der Waals surface area contributed by atoms with Crippen molar-refractivity contribution in [1.82, 2.24) is 5.32 Å². The summed E-state index contributed by atoms with van der Waals surface area (Å²) in [7, 11) is 1.51. The summed E-state index contributed by atoms with van der Waals surface area (Å²) in [6, 6.07) is 5.37. The van der Waals surface area contributed by atoms with Crippen LogP contribution in [0.15, 0.2) is 18.2 Å². The normalized spacial score (nSPS) is 21.0. The van der Waals surface area contributed by atoms with Gasteiger partial charge in [-0.25, -0.2) is 0 Å². The average molecular weight is 319 g/mol. The van der Waals surface area contributed by atoms with Gasteiger partial charge in [-0.1, -0.05) is 32.3 Å². The Bertz CT molecular complexity index is 507. The first kappa shape index (κ1) is 17.6. The van der Waals surface area contributed by atoms with Crippen LogP contribution in [0.1, 0.15) is 57.4 Å². The molecule has 1 aromatic carbocycles. The molecule has 0 aliphatic heterocycles. The van der Waals surface area contributed by atoms with Crippen molar-refractivity contribution >= 4 is 5.91 Å². The first-order valence-electron chi connectivity index (χ1n) is 8.77. The van der Waals surface area contributed by atoms with E-state index in [0.29, 0.717) is 18.2 Å². The number of methoxy groups -OCH3 is 1. The number of rotatable bonds is 7. The zero-order chi connectivity index (χ0) is 16.7. The zero-order valence-corrected chi connectivity index (χ0v) is 14.3. The molecule has 0 unspecified atom stereocenters. The summed E-state index contributed by atoms with van der Waals surface area (Å²) in [6.07, 6.45) is 8.92. The van der Waals surface area contributed by atoms with E-state index in [1.165, 1.54) is 39.2 Å². The molecule has 1 fully saturated rings. The standard InChI is InChI=1S/C19H29NO3/c1-3-4-5-14-6-9-16(10-7-14)20-19(22)13-15-8-11-17(21)18(12-15)23-2/h8,11-12,14,16,21H,3-7,9-10,13H2,1-2H3,(H,20,22)/t14-,16-. The zero-order valence-electron chi connectivity index (χ0n) is 14.3. The third-order valence-corrected chi connectivity index (χ3v) is 4.79. The second-order valence-electron chi connectivity index (χ2n) is 6.61. The number of amides is 1. The lowest BCUT2D eigenvalue weighted by atomic mass is 9.83. The number of benzene rings is 1. The molecule has 0 saturated heterocycles. The Labute approximate surface area is 139 Å². The molecule has 1 aliphatic rings. The van der Waals surface area contributed by atoms with E-state index in [9.17, 15) is 9.90 Å². The van der Waals surface area contributed by atoms with Crippen LogP contribution < -0.4 is 10.1 Å². The molecular weight excluding hydrogens is 290 g/mol. The van der Waals surface area contributed by atoms with Crippen LogP contribution in [0.5, 0.6) is 11.5 Å². The predicted molar refractivity (Wildman–Crippen MR) is 91.8 cm³/mol. The first-order valence-corrected chi connectivity index (χ1v) is 8.77. The summed E-state index contributed by atoms with van der Waals surface area (Å²) < 4.78 is 5.08. The van der Waals surface area contributed by atoms with Crippen LogP contribution in [0.4, 0.5) is 0 Å². The fraction of sp³-hybridized carbons (Fsp3) is 0.632. The van der Waals surface area contributed by atoms with Crippen molar-refractivity contribution in [1.29, 1.82) is 0 Å². The molecule has 0 heterocycles. The van der Waals surface area contributed by atoms with Crippen LogP contribution in [0, 0.1) is 5.92 Å². The number of phenols is 1. The molecule has 0 atom stereocenters. The van der Waals surface area contributed by atoms with Gasteiger partial charge in [-0.2, -0.15) is 0 Å². The van der Waals surface area contributed by atoms with Crippen molar-refractivity contribution in [3.8, 4) is 11.5 Å². The average Bonchev–Trinajstić information content (AvgIpc) is 2.56. The quantitative estimate of drug-likeness (QED) is 0.803. The van der Waals surface area contributed by atoms with Crippen LogP contribution in [-0.4, -0.2) is 24.2 Å². The lowest BCUT2D eigenvalue weighted by Gasteiger charge is -2.29. The molecular formula is C19H29NO3. The van der Waals surface area contributed by atoms with E-state index in [4.69, 9.17) is 4.74 Å². The molecule has 0 spiro atoms. The largest absolute Gasteiger partial charge is 0.504 e. The SMILES string of the molecule is CCCC[C@H]1CC[C@H](NC(=O)Cc2ccc(O)c(OC)c2)CC1. The van der Waals surface area contributed by atoms with Gasteiger partial charge in [0, 0.05) is 6.04 Å². The summed E-state index contributed by atoms with van der Waals surface area (Å²) in [4.78, 5) is 12.2. The molecule has 1 amide bonds. The monoisotopic (exact) mass is 319 g/mol. The number of carbonyl (C=O) groups is 1. The number of aromatic hydroxyl groups is 1. The van der Waals surface area contributed by atoms with Gasteiger partial charge in [-0.05, 0) is 49.3 Å². The van der Waals surface area contributed by atoms with E-state index < -0.39 is 0 Å². The molecule has 23 heavy (non-hydrogen) atoms. The van der Waals surface area contributed by atoms with E-state index in [1.54, 1.807) is 18.2 Å². The first-order chi connectivity index (χ1) is 11.1. The van der Waals surface area contributed by atoms with E-state index in [1.807, 2.05) is 0 Å². The van der Waals surface area contributed by atoms with E-state index in [-0.39, 0.29) is 11.7 Å². The smallest absolute Gasteiger partial charge is 0.224 e. The van der Waals surface area contributed by atoms with Gasteiger partial charge in [0.1, 0.15) is 0 Å². The van der Waals surface area contributed by atoms with Crippen molar-refractivity contribution in [3.63, 3.8) is 0 Å². The Balaban J connectivity index is 1.77. The van der Waals surface area contributed by atoms with Crippen LogP contribution in [0.2, 0.25) is 0 Å². The maximum atomic E-state index is 12.2. The summed E-state index contributed by atoms with van der Waals surface area (Å²) >= 11 is 0. The Morgan fingerprint density at radius 2 is 2.04 bits per heavy atom. The second kappa shape index (κ2) is 8.80. The van der Waals surface area contributed by atoms with Gasteiger partial charge in [0.25, 0.3) is 0 Å². The van der Waals surface area contributed by atoms with Crippen LogP contribution in [0.25, 0.3) is 0 Å². The van der Waals surface area contributed by atoms with Crippen LogP contribution in [0.3, 0.4) is 0 Å². The molecule has 1 saturated carbocycles. The van der Waals surface area contributed by atoms with Gasteiger partial charge < -0.3 is 15.2 Å². The minimum atomic E-state index is 0.0507. The highest BCUT2D eigenvalue weighted by Crippen LogP contribution is 2.29. The second-order valence-corrected chi connectivity index (χ2v) is 6.61. The van der Waals surface area contributed by atoms with E-state index >= 15 is 0 Å². The Kier molecular flexibility index (Phi) is 6.75. The highest BCUT2D eigenvalue weighted by atomic mass is 16.5. The third kappa shape index (κ3) is 5.45. The van der Waals surface area contributed by atoms with Crippen molar-refractivity contribution in [2.75, 3.05) is 7.11 Å². The molecule has 4 nitrogen and oxygen atoms in total. The molecule has 1 aliphatic carbocycles. The number of hydrogen-bond acceptors (Lipinski definition) is 3. The lowest BCUT2D eigenvalue weighted by Crippen LogP contribution is -2.38. The van der Waals surface area contributed by atoms with Gasteiger partial charge in [0.2, 0.25) is 5.91 Å². The minimum absolute atomic E-state index is 0.0507. The highest BCUT2D eigenvalue weighted by Gasteiger charge is 2.22. The Hall–Kier alpha value is -1.71. The maximum Gasteiger partial charge on any atom is 0.224 e. The molecule has 2 rings (SSSR count). The van der Waals surface area contributed by atoms with Gasteiger partial charge >= 0.3 is 0 Å². The molecule has 0 bridgehead atoms. The minimum Gasteiger partial charge on any atom is -0.504 e. The maximum absolute atomic E-state index is 12.2. The molecule has 2 N–H and O–H groups in total.